The average Bonchev–Trinajstić information content (AvgIpc) is 2.79. The molecule has 0 bridgehead atoms. The number of nitrogens with one attached hydrogen (secondary N) is 1. The topological polar surface area (TPSA) is 74.2 Å². The summed E-state index contributed by atoms with van der Waals surface area (Å²) in [5.74, 6) is 0.496. The van der Waals surface area contributed by atoms with Crippen molar-refractivity contribution in [2.24, 2.45) is 0 Å². The van der Waals surface area contributed by atoms with E-state index in [1.165, 1.54) is 5.56 Å². The molecule has 4 rings (SSSR count). The molecule has 1 aromatic carbocycles. The average molecular weight is 388 g/mol. The number of nitrogens with zero attached hydrogens (tertiary/aromatic N) is 5. The van der Waals surface area contributed by atoms with E-state index >= 15 is 0 Å². The molecule has 3 aromatic rings. The van der Waals surface area contributed by atoms with Gasteiger partial charge in [-0.1, -0.05) is 30.3 Å². The fourth-order valence-corrected chi connectivity index (χ4v) is 3.34. The molecule has 0 unspecified atom stereocenters. The molecule has 1 amide bonds. The predicted molar refractivity (Wildman–Crippen MR) is 111 cm³/mol. The Morgan fingerprint density at radius 1 is 0.897 bits per heavy atom. The van der Waals surface area contributed by atoms with E-state index in [9.17, 15) is 4.79 Å². The molecule has 2 aromatic heterocycles. The van der Waals surface area contributed by atoms with Gasteiger partial charge in [0.25, 0.3) is 5.91 Å². The Balaban J connectivity index is 1.27. The lowest BCUT2D eigenvalue weighted by Gasteiger charge is -2.34. The number of hydrogen-bond donors (Lipinski definition) is 1. The Hall–Kier alpha value is -3.32. The number of benzene rings is 1. The normalized spacial score (nSPS) is 14.6. The highest BCUT2D eigenvalue weighted by Crippen LogP contribution is 2.12. The first-order valence-electron chi connectivity index (χ1n) is 9.78. The molecular weight excluding hydrogens is 364 g/mol. The highest BCUT2D eigenvalue weighted by molar-refractivity contribution is 5.93. The molecule has 7 heteroatoms. The second-order valence-electron chi connectivity index (χ2n) is 7.06. The van der Waals surface area contributed by atoms with Crippen molar-refractivity contribution in [3.8, 4) is 0 Å². The maximum Gasteiger partial charge on any atom is 0.257 e. The fraction of sp³-hybridized carbons (Fsp3) is 0.273. The number of anilines is 1. The largest absolute Gasteiger partial charge is 0.350 e. The highest BCUT2D eigenvalue weighted by Gasteiger charge is 2.22. The molecule has 0 radical (unpaired) electrons. The molecule has 1 saturated heterocycles. The van der Waals surface area contributed by atoms with E-state index in [1.807, 2.05) is 23.1 Å². The molecule has 0 atom stereocenters. The molecule has 0 aliphatic carbocycles. The van der Waals surface area contributed by atoms with Crippen molar-refractivity contribution in [3.63, 3.8) is 0 Å². The molecule has 148 valence electrons. The molecule has 1 aliphatic heterocycles. The van der Waals surface area contributed by atoms with Crippen LogP contribution in [0.15, 0.2) is 67.3 Å². The van der Waals surface area contributed by atoms with E-state index in [0.717, 1.165) is 25.2 Å². The number of carbonyl (C=O) groups excluding carboxylic acids is 1. The minimum Gasteiger partial charge on any atom is -0.350 e. The maximum atomic E-state index is 12.8. The first-order valence-corrected chi connectivity index (χ1v) is 9.78. The van der Waals surface area contributed by atoms with Gasteiger partial charge in [-0.05, 0) is 23.3 Å². The van der Waals surface area contributed by atoms with Gasteiger partial charge in [0.1, 0.15) is 0 Å². The Labute approximate surface area is 170 Å². The lowest BCUT2D eigenvalue weighted by molar-refractivity contribution is 0.0627. The van der Waals surface area contributed by atoms with Crippen LogP contribution in [0.4, 0.5) is 5.95 Å². The van der Waals surface area contributed by atoms with Crippen molar-refractivity contribution in [2.45, 2.75) is 13.1 Å². The first-order chi connectivity index (χ1) is 14.3. The molecule has 1 N–H and O–H groups in total. The molecule has 1 aliphatic rings. The Bertz CT molecular complexity index is 909. The zero-order chi connectivity index (χ0) is 19.9. The van der Waals surface area contributed by atoms with Gasteiger partial charge in [-0.3, -0.25) is 14.7 Å². The van der Waals surface area contributed by atoms with Crippen LogP contribution >= 0.6 is 0 Å². The molecule has 29 heavy (non-hydrogen) atoms. The molecule has 0 spiro atoms. The summed E-state index contributed by atoms with van der Waals surface area (Å²) >= 11 is 0. The van der Waals surface area contributed by atoms with Crippen molar-refractivity contribution in [1.29, 1.82) is 0 Å². The second-order valence-corrected chi connectivity index (χ2v) is 7.06. The van der Waals surface area contributed by atoms with Crippen LogP contribution in [-0.4, -0.2) is 56.8 Å². The Morgan fingerprint density at radius 3 is 2.28 bits per heavy atom. The SMILES string of the molecule is O=C(c1cnc(NCc2ccncc2)nc1)N1CCN(Cc2ccccc2)CC1. The number of pyridine rings is 1. The number of aromatic nitrogens is 3. The second kappa shape index (κ2) is 9.25. The molecule has 1 fully saturated rings. The third-order valence-corrected chi connectivity index (χ3v) is 5.01. The summed E-state index contributed by atoms with van der Waals surface area (Å²) in [6, 6.07) is 14.3. The molecule has 0 saturated carbocycles. The number of rotatable bonds is 6. The summed E-state index contributed by atoms with van der Waals surface area (Å²) in [6.45, 7) is 4.70. The Morgan fingerprint density at radius 2 is 1.59 bits per heavy atom. The van der Waals surface area contributed by atoms with Gasteiger partial charge in [0, 0.05) is 64.1 Å². The van der Waals surface area contributed by atoms with Crippen LogP contribution in [0.3, 0.4) is 0 Å². The van der Waals surface area contributed by atoms with Crippen molar-refractivity contribution in [3.05, 3.63) is 83.9 Å². The molecular formula is C22H24N6O. The Kier molecular flexibility index (Phi) is 6.07. The monoisotopic (exact) mass is 388 g/mol. The van der Waals surface area contributed by atoms with Crippen LogP contribution in [-0.2, 0) is 13.1 Å². The number of piperazine rings is 1. The summed E-state index contributed by atoms with van der Waals surface area (Å²) in [5, 5.41) is 3.15. The zero-order valence-electron chi connectivity index (χ0n) is 16.2. The summed E-state index contributed by atoms with van der Waals surface area (Å²) < 4.78 is 0. The number of amides is 1. The summed E-state index contributed by atoms with van der Waals surface area (Å²) in [7, 11) is 0. The van der Waals surface area contributed by atoms with Gasteiger partial charge in [-0.2, -0.15) is 0 Å². The standard InChI is InChI=1S/C22H24N6O/c29-21(28-12-10-27(11-13-28)17-19-4-2-1-3-5-19)20-15-25-22(26-16-20)24-14-18-6-8-23-9-7-18/h1-9,15-16H,10-14,17H2,(H,24,25,26). The van der Waals surface area contributed by atoms with Crippen molar-refractivity contribution in [1.82, 2.24) is 24.8 Å². The van der Waals surface area contributed by atoms with Crippen LogP contribution in [0.1, 0.15) is 21.5 Å². The lowest BCUT2D eigenvalue weighted by Crippen LogP contribution is -2.48. The minimum atomic E-state index is -0.00922. The molecule has 7 nitrogen and oxygen atoms in total. The van der Waals surface area contributed by atoms with Crippen LogP contribution in [0.2, 0.25) is 0 Å². The number of hydrogen-bond acceptors (Lipinski definition) is 6. The third-order valence-electron chi connectivity index (χ3n) is 5.01. The van der Waals surface area contributed by atoms with E-state index in [1.54, 1.807) is 24.8 Å². The first kappa shape index (κ1) is 19.0. The van der Waals surface area contributed by atoms with E-state index in [-0.39, 0.29) is 5.91 Å². The maximum absolute atomic E-state index is 12.8. The van der Waals surface area contributed by atoms with Crippen LogP contribution < -0.4 is 5.32 Å². The van der Waals surface area contributed by atoms with E-state index < -0.39 is 0 Å². The smallest absolute Gasteiger partial charge is 0.257 e. The van der Waals surface area contributed by atoms with E-state index in [0.29, 0.717) is 31.1 Å². The van der Waals surface area contributed by atoms with Crippen molar-refractivity contribution >= 4 is 11.9 Å². The lowest BCUT2D eigenvalue weighted by atomic mass is 10.2. The van der Waals surface area contributed by atoms with Crippen LogP contribution in [0, 0.1) is 0 Å². The molecule has 3 heterocycles. The van der Waals surface area contributed by atoms with Crippen molar-refractivity contribution in [2.75, 3.05) is 31.5 Å². The quantitative estimate of drug-likeness (QED) is 0.699. The van der Waals surface area contributed by atoms with Gasteiger partial charge in [-0.15, -0.1) is 0 Å². The van der Waals surface area contributed by atoms with Gasteiger partial charge < -0.3 is 10.2 Å². The van der Waals surface area contributed by atoms with Gasteiger partial charge in [0.15, 0.2) is 0 Å². The predicted octanol–water partition coefficient (Wildman–Crippen LogP) is 2.44. The van der Waals surface area contributed by atoms with Gasteiger partial charge in [0.05, 0.1) is 5.56 Å². The summed E-state index contributed by atoms with van der Waals surface area (Å²) in [5.41, 5.74) is 2.92. The van der Waals surface area contributed by atoms with E-state index in [4.69, 9.17) is 0 Å². The zero-order valence-corrected chi connectivity index (χ0v) is 16.2. The summed E-state index contributed by atoms with van der Waals surface area (Å²) in [4.78, 5) is 29.6. The van der Waals surface area contributed by atoms with Gasteiger partial charge >= 0.3 is 0 Å². The van der Waals surface area contributed by atoms with E-state index in [2.05, 4.69) is 49.4 Å². The van der Waals surface area contributed by atoms with Crippen LogP contribution in [0.25, 0.3) is 0 Å². The number of carbonyl (C=O) groups is 1. The highest BCUT2D eigenvalue weighted by atomic mass is 16.2. The van der Waals surface area contributed by atoms with Crippen molar-refractivity contribution < 1.29 is 4.79 Å². The fourth-order valence-electron chi connectivity index (χ4n) is 3.34. The minimum absolute atomic E-state index is 0.00922. The van der Waals surface area contributed by atoms with Crippen LogP contribution in [0.5, 0.6) is 0 Å². The third kappa shape index (κ3) is 5.14. The summed E-state index contributed by atoms with van der Waals surface area (Å²) in [6.07, 6.45) is 6.69. The van der Waals surface area contributed by atoms with Gasteiger partial charge in [0.2, 0.25) is 5.95 Å². The van der Waals surface area contributed by atoms with Gasteiger partial charge in [-0.25, -0.2) is 9.97 Å².